The Balaban J connectivity index is 0. The monoisotopic (exact) mass is 175 g/mol. The summed E-state index contributed by atoms with van der Waals surface area (Å²) in [6.45, 7) is 0. The van der Waals surface area contributed by atoms with E-state index in [1.165, 1.54) is 0 Å². The van der Waals surface area contributed by atoms with Crippen LogP contribution in [0.5, 0.6) is 0 Å². The van der Waals surface area contributed by atoms with E-state index >= 15 is 0 Å². The van der Waals surface area contributed by atoms with E-state index in [4.69, 9.17) is 0 Å². The molecule has 0 spiro atoms. The molecule has 0 saturated heterocycles. The van der Waals surface area contributed by atoms with E-state index in [1.807, 2.05) is 0 Å². The van der Waals surface area contributed by atoms with Crippen molar-refractivity contribution in [3.05, 3.63) is 0 Å². The predicted molar refractivity (Wildman–Crippen MR) is 7.81 cm³/mol. The Kier molecular flexibility index (Phi) is 1180. The van der Waals surface area contributed by atoms with Gasteiger partial charge in [-0.15, -0.1) is 0 Å². The third kappa shape index (κ3) is 39.6. The summed E-state index contributed by atoms with van der Waals surface area (Å²) in [7, 11) is 0. The molecule has 0 bridgehead atoms. The Morgan fingerprint density at radius 1 is 0.667 bits per heavy atom. The third-order valence-corrected chi connectivity index (χ3v) is 0. The Labute approximate surface area is 77.7 Å². The van der Waals surface area contributed by atoms with Gasteiger partial charge in [0.05, 0.1) is 0 Å². The van der Waals surface area contributed by atoms with Crippen molar-refractivity contribution in [1.29, 1.82) is 0 Å². The van der Waals surface area contributed by atoms with Crippen molar-refractivity contribution >= 4 is 23.1 Å². The van der Waals surface area contributed by atoms with Crippen LogP contribution in [0, 0.1) is 0 Å². The summed E-state index contributed by atoms with van der Waals surface area (Å²) in [5.41, 5.74) is 0. The molecule has 0 amide bonds. The molecular weight excluding hydrogens is 175 g/mol. The van der Waals surface area contributed by atoms with Crippen LogP contribution in [-0.4, -0.2) is 23.1 Å². The summed E-state index contributed by atoms with van der Waals surface area (Å²) in [4.78, 5) is 0. The van der Waals surface area contributed by atoms with Crippen LogP contribution in [0.1, 0.15) is 0 Å². The zero-order chi connectivity index (χ0) is 0. The summed E-state index contributed by atoms with van der Waals surface area (Å²) >= 11 is 0. The van der Waals surface area contributed by atoms with Crippen LogP contribution in [-0.2, 0) is 55.2 Å². The van der Waals surface area contributed by atoms with Gasteiger partial charge in [0, 0.05) is 0 Å². The average molecular weight is 175 g/mol. The van der Waals surface area contributed by atoms with Crippen LogP contribution < -0.4 is 0 Å². The molecule has 3 nitrogen and oxygen atoms in total. The van der Waals surface area contributed by atoms with Crippen molar-refractivity contribution in [3.8, 4) is 0 Å². The van der Waals surface area contributed by atoms with Crippen molar-refractivity contribution in [2.24, 2.45) is 0 Å². The van der Waals surface area contributed by atoms with Crippen molar-refractivity contribution in [3.63, 3.8) is 0 Å². The normalized spacial score (nSPS) is 0. The molecular formula is MgMnO3Ti+2. The maximum atomic E-state index is 0. The first-order valence-electron chi connectivity index (χ1n) is 0. The van der Waals surface area contributed by atoms with Crippen LogP contribution in [0.2, 0.25) is 0 Å². The second-order valence-electron chi connectivity index (χ2n) is 0. The number of hydrogen-bond acceptors (Lipinski definition) is 0. The molecule has 1 radical (unpaired) electrons. The molecule has 6 heavy (non-hydrogen) atoms. The maximum Gasteiger partial charge on any atom is 4.00 e. The fourth-order valence-corrected chi connectivity index (χ4v) is 0. The molecule has 6 heteroatoms. The van der Waals surface area contributed by atoms with Gasteiger partial charge in [0.15, 0.2) is 0 Å². The minimum atomic E-state index is 0. The molecule has 0 saturated carbocycles. The fraction of sp³-hybridized carbons (Fsp3) is 0. The molecule has 0 aromatic carbocycles. The molecule has 0 aliphatic carbocycles. The van der Waals surface area contributed by atoms with Gasteiger partial charge in [-0.05, 0) is 0 Å². The van der Waals surface area contributed by atoms with E-state index in [2.05, 4.69) is 0 Å². The Morgan fingerprint density at radius 3 is 0.667 bits per heavy atom. The standard InChI is InChI=1S/Mg.Mn.3O.Ti/q2*+2;3*-2;+4. The topological polar surface area (TPSA) is 85.5 Å². The summed E-state index contributed by atoms with van der Waals surface area (Å²) < 4.78 is 0. The van der Waals surface area contributed by atoms with Gasteiger partial charge in [-0.2, -0.15) is 0 Å². The molecule has 0 atom stereocenters. The second kappa shape index (κ2) is 67.3. The Bertz CT molecular complexity index is 10.8. The summed E-state index contributed by atoms with van der Waals surface area (Å²) in [6, 6.07) is 0. The van der Waals surface area contributed by atoms with Gasteiger partial charge in [-0.1, -0.05) is 0 Å². The van der Waals surface area contributed by atoms with E-state index in [0.29, 0.717) is 0 Å². The molecule has 0 aliphatic rings. The summed E-state index contributed by atoms with van der Waals surface area (Å²) in [5, 5.41) is 0. The fourth-order valence-electron chi connectivity index (χ4n) is 0. The van der Waals surface area contributed by atoms with Crippen molar-refractivity contribution < 1.29 is 55.2 Å². The number of rotatable bonds is 0. The van der Waals surface area contributed by atoms with Crippen molar-refractivity contribution in [1.82, 2.24) is 0 Å². The molecule has 0 heterocycles. The van der Waals surface area contributed by atoms with Crippen LogP contribution >= 0.6 is 0 Å². The van der Waals surface area contributed by atoms with Gasteiger partial charge in [-0.25, -0.2) is 0 Å². The first-order chi connectivity index (χ1) is 0. The minimum absolute atomic E-state index is 0. The average Bonchev–Trinajstić information content (AvgIpc) is 0. The molecule has 0 aromatic rings. The van der Waals surface area contributed by atoms with Gasteiger partial charge >= 0.3 is 61.8 Å². The summed E-state index contributed by atoms with van der Waals surface area (Å²) in [5.74, 6) is 0. The van der Waals surface area contributed by atoms with Gasteiger partial charge < -0.3 is 16.4 Å². The SMILES string of the molecule is [Mg+2].[Mn+2].[O-2].[O-2].[O-2].[Ti+4]. The van der Waals surface area contributed by atoms with Crippen LogP contribution in [0.4, 0.5) is 0 Å². The maximum absolute atomic E-state index is 0. The van der Waals surface area contributed by atoms with Crippen LogP contribution in [0.25, 0.3) is 0 Å². The quantitative estimate of drug-likeness (QED) is 0.434. The van der Waals surface area contributed by atoms with Gasteiger partial charge in [0.2, 0.25) is 0 Å². The molecule has 0 aliphatic heterocycles. The van der Waals surface area contributed by atoms with Crippen LogP contribution in [0.3, 0.4) is 0 Å². The molecule has 0 N–H and O–H groups in total. The Hall–Kier alpha value is 1.88. The first kappa shape index (κ1) is 106. The third-order valence-electron chi connectivity index (χ3n) is 0. The van der Waals surface area contributed by atoms with E-state index in [-0.39, 0.29) is 78.3 Å². The predicted octanol–water partition coefficient (Wildman–Crippen LogP) is -0.742. The van der Waals surface area contributed by atoms with E-state index < -0.39 is 0 Å². The van der Waals surface area contributed by atoms with E-state index in [0.717, 1.165) is 0 Å². The van der Waals surface area contributed by atoms with Gasteiger partial charge in [-0.3, -0.25) is 0 Å². The number of hydrogen-bond donors (Lipinski definition) is 0. The molecule has 29 valence electrons. The zero-order valence-electron chi connectivity index (χ0n) is 2.81. The molecule has 0 unspecified atom stereocenters. The van der Waals surface area contributed by atoms with Crippen molar-refractivity contribution in [2.75, 3.05) is 0 Å². The van der Waals surface area contributed by atoms with Crippen LogP contribution in [0.15, 0.2) is 0 Å². The minimum Gasteiger partial charge on any atom is -2.00 e. The van der Waals surface area contributed by atoms with E-state index in [1.54, 1.807) is 0 Å². The first-order valence-corrected chi connectivity index (χ1v) is 0. The second-order valence-corrected chi connectivity index (χ2v) is 0. The Morgan fingerprint density at radius 2 is 0.667 bits per heavy atom. The van der Waals surface area contributed by atoms with Gasteiger partial charge in [0.25, 0.3) is 0 Å². The molecule has 0 fully saturated rings. The largest absolute Gasteiger partial charge is 4.00 e. The zero-order valence-corrected chi connectivity index (χ0v) is 6.97. The van der Waals surface area contributed by atoms with Gasteiger partial charge in [0.1, 0.15) is 0 Å². The summed E-state index contributed by atoms with van der Waals surface area (Å²) in [6.07, 6.45) is 0. The molecule has 0 aromatic heterocycles. The molecule has 0 rings (SSSR count). The van der Waals surface area contributed by atoms with Crippen molar-refractivity contribution in [2.45, 2.75) is 0 Å². The van der Waals surface area contributed by atoms with E-state index in [9.17, 15) is 0 Å². The smallest absolute Gasteiger partial charge is 2.00 e.